The normalized spacial score (nSPS) is 10.8. The lowest BCUT2D eigenvalue weighted by atomic mass is 10.0. The van der Waals surface area contributed by atoms with Gasteiger partial charge in [0.05, 0.1) is 7.11 Å². The van der Waals surface area contributed by atoms with E-state index in [4.69, 9.17) is 4.74 Å². The summed E-state index contributed by atoms with van der Waals surface area (Å²) in [5, 5.41) is 1.21. The van der Waals surface area contributed by atoms with Crippen molar-refractivity contribution in [1.29, 1.82) is 0 Å². The van der Waals surface area contributed by atoms with Crippen molar-refractivity contribution in [3.05, 3.63) is 90.1 Å². The Morgan fingerprint density at radius 3 is 2.55 bits per heavy atom. The number of carbonyl (C=O) groups is 1. The number of aromatic amines is 1. The summed E-state index contributed by atoms with van der Waals surface area (Å²) in [4.78, 5) is 14.5. The lowest BCUT2D eigenvalue weighted by Crippen LogP contribution is -2.02. The van der Waals surface area contributed by atoms with Crippen LogP contribution in [0, 0.1) is 0 Å². The molecule has 0 bridgehead atoms. The minimum absolute atomic E-state index is 0.194. The zero-order valence-electron chi connectivity index (χ0n) is 16.4. The number of fused-ring (bicyclic) bond motifs is 1. The van der Waals surface area contributed by atoms with Crippen LogP contribution in [0.3, 0.4) is 0 Å². The Balaban J connectivity index is 1.40. The molecule has 3 aromatic carbocycles. The van der Waals surface area contributed by atoms with Gasteiger partial charge in [0.1, 0.15) is 12.4 Å². The fraction of sp³-hybridized carbons (Fsp3) is 0.160. The molecule has 146 valence electrons. The number of nitrogens with one attached hydrogen (secondary N) is 1. The molecule has 0 amide bonds. The van der Waals surface area contributed by atoms with Gasteiger partial charge in [0.2, 0.25) is 0 Å². The van der Waals surface area contributed by atoms with Crippen molar-refractivity contribution in [2.75, 3.05) is 7.11 Å². The maximum absolute atomic E-state index is 11.2. The molecule has 0 saturated carbocycles. The van der Waals surface area contributed by atoms with Gasteiger partial charge < -0.3 is 14.5 Å². The molecule has 1 N–H and O–H groups in total. The van der Waals surface area contributed by atoms with Crippen molar-refractivity contribution in [2.45, 2.75) is 19.4 Å². The second-order valence-corrected chi connectivity index (χ2v) is 6.99. The molecule has 1 aromatic heterocycles. The number of carbonyl (C=O) groups excluding carboxylic acids is 1. The summed E-state index contributed by atoms with van der Waals surface area (Å²) in [6, 6.07) is 24.8. The molecule has 0 aliphatic rings. The molecule has 0 aliphatic heterocycles. The largest absolute Gasteiger partial charge is 0.489 e. The topological polar surface area (TPSA) is 51.3 Å². The van der Waals surface area contributed by atoms with Crippen molar-refractivity contribution < 1.29 is 14.3 Å². The van der Waals surface area contributed by atoms with Gasteiger partial charge in [0.25, 0.3) is 0 Å². The number of methoxy groups -OCH3 is 1. The highest BCUT2D eigenvalue weighted by Crippen LogP contribution is 2.25. The third-order valence-electron chi connectivity index (χ3n) is 4.99. The Morgan fingerprint density at radius 1 is 0.897 bits per heavy atom. The predicted molar refractivity (Wildman–Crippen MR) is 115 cm³/mol. The van der Waals surface area contributed by atoms with Gasteiger partial charge in [-0.3, -0.25) is 4.79 Å². The highest BCUT2D eigenvalue weighted by Gasteiger charge is 2.04. The smallest absolute Gasteiger partial charge is 0.305 e. The highest BCUT2D eigenvalue weighted by atomic mass is 16.5. The number of aryl methyl sites for hydroxylation is 1. The van der Waals surface area contributed by atoms with E-state index in [-0.39, 0.29) is 5.97 Å². The maximum Gasteiger partial charge on any atom is 0.305 e. The maximum atomic E-state index is 11.2. The number of esters is 1. The van der Waals surface area contributed by atoms with Crippen LogP contribution in [0.4, 0.5) is 0 Å². The Hall–Kier alpha value is -3.53. The van der Waals surface area contributed by atoms with Crippen molar-refractivity contribution in [3.63, 3.8) is 0 Å². The standard InChI is InChI=1S/C25H23NO3/c1-28-25(27)12-7-18-5-9-23(10-6-18)29-17-19-3-2-4-20(15-19)21-8-11-24-22(16-21)13-14-26-24/h2-6,8-11,13-16,26H,7,12,17H2,1H3. The molecule has 0 unspecified atom stereocenters. The van der Waals surface area contributed by atoms with Crippen LogP contribution in [0.15, 0.2) is 79.0 Å². The van der Waals surface area contributed by atoms with Crippen molar-refractivity contribution in [3.8, 4) is 16.9 Å². The minimum Gasteiger partial charge on any atom is -0.489 e. The van der Waals surface area contributed by atoms with Crippen LogP contribution in [0.5, 0.6) is 5.75 Å². The first-order chi connectivity index (χ1) is 14.2. The van der Waals surface area contributed by atoms with Crippen LogP contribution in [-0.4, -0.2) is 18.1 Å². The monoisotopic (exact) mass is 385 g/mol. The zero-order valence-corrected chi connectivity index (χ0v) is 16.4. The third kappa shape index (κ3) is 4.66. The van der Waals surface area contributed by atoms with Crippen LogP contribution in [0.25, 0.3) is 22.0 Å². The fourth-order valence-corrected chi connectivity index (χ4v) is 3.34. The van der Waals surface area contributed by atoms with Gasteiger partial charge in [0, 0.05) is 18.1 Å². The Labute approximate surface area is 170 Å². The van der Waals surface area contributed by atoms with E-state index >= 15 is 0 Å². The summed E-state index contributed by atoms with van der Waals surface area (Å²) in [6.45, 7) is 0.502. The quantitative estimate of drug-likeness (QED) is 0.426. The van der Waals surface area contributed by atoms with E-state index in [2.05, 4.69) is 58.3 Å². The molecule has 4 aromatic rings. The molecule has 0 atom stereocenters. The molecule has 0 fully saturated rings. The Kier molecular flexibility index (Phi) is 5.61. The van der Waals surface area contributed by atoms with Gasteiger partial charge >= 0.3 is 5.97 Å². The number of rotatable bonds is 7. The average molecular weight is 385 g/mol. The van der Waals surface area contributed by atoms with Gasteiger partial charge in [-0.2, -0.15) is 0 Å². The van der Waals surface area contributed by atoms with Gasteiger partial charge in [-0.25, -0.2) is 0 Å². The fourth-order valence-electron chi connectivity index (χ4n) is 3.34. The summed E-state index contributed by atoms with van der Waals surface area (Å²) in [5.41, 5.74) is 5.71. The first-order valence-electron chi connectivity index (χ1n) is 9.66. The minimum atomic E-state index is -0.194. The van der Waals surface area contributed by atoms with E-state index in [0.29, 0.717) is 19.4 Å². The van der Waals surface area contributed by atoms with Gasteiger partial charge in [0.15, 0.2) is 0 Å². The van der Waals surface area contributed by atoms with Gasteiger partial charge in [-0.05, 0) is 70.5 Å². The van der Waals surface area contributed by atoms with Crippen molar-refractivity contribution in [2.24, 2.45) is 0 Å². The van der Waals surface area contributed by atoms with E-state index in [1.807, 2.05) is 30.5 Å². The Bertz CT molecular complexity index is 1110. The number of ether oxygens (including phenoxy) is 2. The number of H-pyrrole nitrogens is 1. The van der Waals surface area contributed by atoms with E-state index in [1.165, 1.54) is 23.6 Å². The molecule has 4 heteroatoms. The SMILES string of the molecule is COC(=O)CCc1ccc(OCc2cccc(-c3ccc4[nH]ccc4c3)c2)cc1. The van der Waals surface area contributed by atoms with Crippen molar-refractivity contribution in [1.82, 2.24) is 4.98 Å². The Morgan fingerprint density at radius 2 is 1.72 bits per heavy atom. The zero-order chi connectivity index (χ0) is 20.1. The van der Waals surface area contributed by atoms with Crippen LogP contribution >= 0.6 is 0 Å². The van der Waals surface area contributed by atoms with Gasteiger partial charge in [-0.1, -0.05) is 36.4 Å². The van der Waals surface area contributed by atoms with Crippen LogP contribution in [-0.2, 0) is 22.6 Å². The predicted octanol–water partition coefficient (Wildman–Crippen LogP) is 5.52. The lowest BCUT2D eigenvalue weighted by molar-refractivity contribution is -0.140. The van der Waals surface area contributed by atoms with Gasteiger partial charge in [-0.15, -0.1) is 0 Å². The number of hydrogen-bond donors (Lipinski definition) is 1. The molecule has 4 nitrogen and oxygen atoms in total. The summed E-state index contributed by atoms with van der Waals surface area (Å²) in [5.74, 6) is 0.617. The molecule has 0 aliphatic carbocycles. The van der Waals surface area contributed by atoms with Crippen LogP contribution in [0.1, 0.15) is 17.5 Å². The first kappa shape index (κ1) is 18.8. The molecular weight excluding hydrogens is 362 g/mol. The first-order valence-corrected chi connectivity index (χ1v) is 9.66. The molecule has 0 saturated heterocycles. The molecule has 1 heterocycles. The molecule has 0 spiro atoms. The van der Waals surface area contributed by atoms with E-state index < -0.39 is 0 Å². The highest BCUT2D eigenvalue weighted by molar-refractivity contribution is 5.85. The van der Waals surface area contributed by atoms with E-state index in [9.17, 15) is 4.79 Å². The lowest BCUT2D eigenvalue weighted by Gasteiger charge is -2.09. The number of aromatic nitrogens is 1. The third-order valence-corrected chi connectivity index (χ3v) is 4.99. The molecule has 29 heavy (non-hydrogen) atoms. The van der Waals surface area contributed by atoms with E-state index in [1.54, 1.807) is 0 Å². The summed E-state index contributed by atoms with van der Waals surface area (Å²) in [6.07, 6.45) is 3.01. The number of benzene rings is 3. The van der Waals surface area contributed by atoms with Crippen LogP contribution < -0.4 is 4.74 Å². The molecule has 0 radical (unpaired) electrons. The van der Waals surface area contributed by atoms with Crippen molar-refractivity contribution >= 4 is 16.9 Å². The summed E-state index contributed by atoms with van der Waals surface area (Å²) in [7, 11) is 1.41. The second-order valence-electron chi connectivity index (χ2n) is 6.99. The molecule has 4 rings (SSSR count). The summed E-state index contributed by atoms with van der Waals surface area (Å²) >= 11 is 0. The average Bonchev–Trinajstić information content (AvgIpc) is 3.25. The summed E-state index contributed by atoms with van der Waals surface area (Å²) < 4.78 is 10.6. The van der Waals surface area contributed by atoms with Crippen LogP contribution in [0.2, 0.25) is 0 Å². The van der Waals surface area contributed by atoms with E-state index in [0.717, 1.165) is 22.4 Å². The second kappa shape index (κ2) is 8.65. The number of hydrogen-bond acceptors (Lipinski definition) is 3. The molecular formula is C25H23NO3.